The van der Waals surface area contributed by atoms with Gasteiger partial charge in [0.2, 0.25) is 5.91 Å². The number of esters is 1. The van der Waals surface area contributed by atoms with Gasteiger partial charge < -0.3 is 14.4 Å². The average molecular weight is 607 g/mol. The van der Waals surface area contributed by atoms with Crippen LogP contribution < -0.4 is 9.64 Å². The zero-order chi connectivity index (χ0) is 31.0. The van der Waals surface area contributed by atoms with Crippen molar-refractivity contribution in [1.29, 1.82) is 0 Å². The Labute approximate surface area is 260 Å². The van der Waals surface area contributed by atoms with E-state index in [0.29, 0.717) is 46.1 Å². The van der Waals surface area contributed by atoms with Crippen LogP contribution in [0.15, 0.2) is 97.1 Å². The molecule has 0 radical (unpaired) electrons. The van der Waals surface area contributed by atoms with Crippen molar-refractivity contribution in [1.82, 2.24) is 4.57 Å². The summed E-state index contributed by atoms with van der Waals surface area (Å²) in [5.41, 5.74) is 4.98. The Morgan fingerprint density at radius 3 is 2.23 bits per heavy atom. The average Bonchev–Trinajstić information content (AvgIpc) is 3.52. The van der Waals surface area contributed by atoms with Crippen LogP contribution in [-0.2, 0) is 16.0 Å². The number of aromatic nitrogens is 1. The molecule has 222 valence electrons. The summed E-state index contributed by atoms with van der Waals surface area (Å²) >= 11 is 6.11. The molecule has 0 spiro atoms. The van der Waals surface area contributed by atoms with Crippen LogP contribution in [0.4, 0.5) is 5.69 Å². The number of halogens is 1. The normalized spacial score (nSPS) is 16.4. The van der Waals surface area contributed by atoms with E-state index in [9.17, 15) is 14.4 Å². The van der Waals surface area contributed by atoms with Crippen molar-refractivity contribution in [2.75, 3.05) is 25.7 Å². The molecule has 7 nitrogen and oxygen atoms in total. The van der Waals surface area contributed by atoms with E-state index in [1.807, 2.05) is 72.5 Å². The largest absolute Gasteiger partial charge is 0.497 e. The third-order valence-corrected chi connectivity index (χ3v) is 8.68. The molecule has 1 aromatic heterocycles. The number of carbonyl (C=O) groups excluding carboxylic acids is 3. The molecule has 0 aliphatic carbocycles. The molecule has 1 aliphatic heterocycles. The highest BCUT2D eigenvalue weighted by Gasteiger charge is 2.44. The molecule has 4 aromatic carbocycles. The van der Waals surface area contributed by atoms with Gasteiger partial charge in [-0.15, -0.1) is 0 Å². The summed E-state index contributed by atoms with van der Waals surface area (Å²) < 4.78 is 12.1. The fourth-order valence-electron chi connectivity index (χ4n) is 6.30. The van der Waals surface area contributed by atoms with E-state index in [-0.39, 0.29) is 17.7 Å². The number of carbonyl (C=O) groups is 3. The molecule has 1 aliphatic rings. The van der Waals surface area contributed by atoms with Gasteiger partial charge in [0.25, 0.3) is 5.91 Å². The number of methoxy groups -OCH3 is 2. The van der Waals surface area contributed by atoms with E-state index in [4.69, 9.17) is 21.1 Å². The van der Waals surface area contributed by atoms with Crippen LogP contribution in [0.5, 0.6) is 5.75 Å². The van der Waals surface area contributed by atoms with Crippen molar-refractivity contribution >= 4 is 46.0 Å². The molecule has 1 saturated heterocycles. The molecule has 8 heteroatoms. The summed E-state index contributed by atoms with van der Waals surface area (Å²) in [6.07, 6.45) is 0.586. The summed E-state index contributed by atoms with van der Waals surface area (Å²) in [4.78, 5) is 42.3. The third-order valence-electron chi connectivity index (χ3n) is 8.43. The third kappa shape index (κ3) is 5.24. The summed E-state index contributed by atoms with van der Waals surface area (Å²) in [6.45, 7) is 2.39. The Morgan fingerprint density at radius 2 is 1.57 bits per heavy atom. The van der Waals surface area contributed by atoms with Crippen LogP contribution in [0, 0.1) is 12.8 Å². The van der Waals surface area contributed by atoms with E-state index in [1.165, 1.54) is 7.11 Å². The van der Waals surface area contributed by atoms with E-state index >= 15 is 0 Å². The second-order valence-electron chi connectivity index (χ2n) is 10.9. The lowest BCUT2D eigenvalue weighted by Crippen LogP contribution is -2.26. The van der Waals surface area contributed by atoms with Crippen LogP contribution in [-0.4, -0.2) is 43.1 Å². The number of nitrogens with zero attached hydrogens (tertiary/aromatic N) is 2. The van der Waals surface area contributed by atoms with Gasteiger partial charge in [-0.3, -0.25) is 14.2 Å². The highest BCUT2D eigenvalue weighted by molar-refractivity contribution is 6.30. The van der Waals surface area contributed by atoms with Gasteiger partial charge in [-0.2, -0.15) is 0 Å². The maximum Gasteiger partial charge on any atom is 0.337 e. The van der Waals surface area contributed by atoms with Crippen molar-refractivity contribution in [2.24, 2.45) is 5.92 Å². The first-order chi connectivity index (χ1) is 21.3. The van der Waals surface area contributed by atoms with Crippen LogP contribution >= 0.6 is 11.6 Å². The zero-order valence-electron chi connectivity index (χ0n) is 24.6. The Hall–Kier alpha value is -4.88. The molecule has 6 rings (SSSR count). The van der Waals surface area contributed by atoms with Gasteiger partial charge in [-0.1, -0.05) is 41.9 Å². The number of hydrogen-bond donors (Lipinski definition) is 0. The molecule has 2 heterocycles. The van der Waals surface area contributed by atoms with Gasteiger partial charge in [0.15, 0.2) is 0 Å². The molecule has 1 fully saturated rings. The minimum atomic E-state index is -0.538. The Morgan fingerprint density at radius 1 is 0.886 bits per heavy atom. The van der Waals surface area contributed by atoms with E-state index in [1.54, 1.807) is 48.1 Å². The second-order valence-corrected chi connectivity index (χ2v) is 11.4. The first-order valence-corrected chi connectivity index (χ1v) is 14.7. The number of benzene rings is 4. The number of fused-ring (bicyclic) bond motifs is 1. The first-order valence-electron chi connectivity index (χ1n) is 14.3. The lowest BCUT2D eigenvalue weighted by molar-refractivity contribution is -0.118. The van der Waals surface area contributed by atoms with E-state index < -0.39 is 11.9 Å². The van der Waals surface area contributed by atoms with E-state index in [0.717, 1.165) is 22.2 Å². The number of hydrogen-bond acceptors (Lipinski definition) is 5. The molecular weight excluding hydrogens is 576 g/mol. The fourth-order valence-corrected chi connectivity index (χ4v) is 6.43. The number of rotatable bonds is 7. The van der Waals surface area contributed by atoms with Gasteiger partial charge in [-0.25, -0.2) is 4.79 Å². The minimum absolute atomic E-state index is 0.0312. The number of para-hydroxylation sites is 1. The van der Waals surface area contributed by atoms with Crippen LogP contribution in [0.1, 0.15) is 43.5 Å². The molecular formula is C36H31ClN2O5. The molecule has 0 bridgehead atoms. The van der Waals surface area contributed by atoms with Crippen LogP contribution in [0.25, 0.3) is 10.9 Å². The summed E-state index contributed by atoms with van der Waals surface area (Å²) in [6, 6.07) is 29.3. The molecule has 0 unspecified atom stereocenters. The lowest BCUT2D eigenvalue weighted by Gasteiger charge is -2.18. The van der Waals surface area contributed by atoms with Crippen molar-refractivity contribution in [3.63, 3.8) is 0 Å². The Kier molecular flexibility index (Phi) is 7.97. The fraction of sp³-hybridized carbons (Fsp3) is 0.194. The summed E-state index contributed by atoms with van der Waals surface area (Å²) in [7, 11) is 2.96. The van der Waals surface area contributed by atoms with Gasteiger partial charge in [0.1, 0.15) is 5.75 Å². The quantitative estimate of drug-likeness (QED) is 0.185. The number of ether oxygens (including phenoxy) is 2. The smallest absolute Gasteiger partial charge is 0.337 e. The topological polar surface area (TPSA) is 77.8 Å². The van der Waals surface area contributed by atoms with Crippen molar-refractivity contribution in [3.8, 4) is 5.75 Å². The maximum atomic E-state index is 14.5. The Bertz CT molecular complexity index is 1860. The predicted molar refractivity (Wildman–Crippen MR) is 171 cm³/mol. The van der Waals surface area contributed by atoms with Gasteiger partial charge >= 0.3 is 5.97 Å². The van der Waals surface area contributed by atoms with Crippen molar-refractivity contribution in [2.45, 2.75) is 19.3 Å². The van der Waals surface area contributed by atoms with E-state index in [2.05, 4.69) is 0 Å². The van der Waals surface area contributed by atoms with Gasteiger partial charge in [0, 0.05) is 33.9 Å². The molecule has 44 heavy (non-hydrogen) atoms. The van der Waals surface area contributed by atoms with Gasteiger partial charge in [0.05, 0.1) is 31.2 Å². The predicted octanol–water partition coefficient (Wildman–Crippen LogP) is 7.08. The van der Waals surface area contributed by atoms with Gasteiger partial charge in [-0.05, 0) is 97.1 Å². The monoisotopic (exact) mass is 606 g/mol. The lowest BCUT2D eigenvalue weighted by atomic mass is 9.83. The van der Waals surface area contributed by atoms with Crippen LogP contribution in [0.3, 0.4) is 0 Å². The molecule has 2 atom stereocenters. The molecule has 1 amide bonds. The molecule has 0 N–H and O–H groups in total. The first kappa shape index (κ1) is 29.2. The maximum absolute atomic E-state index is 14.5. The Balaban J connectivity index is 1.50. The van der Waals surface area contributed by atoms with Crippen molar-refractivity contribution < 1.29 is 23.9 Å². The highest BCUT2D eigenvalue weighted by Crippen LogP contribution is 2.44. The molecule has 5 aromatic rings. The number of amides is 1. The second kappa shape index (κ2) is 12.0. The minimum Gasteiger partial charge on any atom is -0.497 e. The number of anilines is 1. The summed E-state index contributed by atoms with van der Waals surface area (Å²) in [5.74, 6) is -0.665. The zero-order valence-corrected chi connectivity index (χ0v) is 25.4. The standard InChI is InChI=1S/C36H31ClN2O5/c1-22-32(30-20-29(43-2)17-18-31(30)39(22)34(40)24-13-15-27(37)16-14-24)33-26(19-23-9-11-25(12-10-23)36(42)44-3)21-38(35(33)41)28-7-5-4-6-8-28/h4-18,20,26,33H,19,21H2,1-3H3/t26-,33-/m1/s1. The SMILES string of the molecule is COC(=O)c1ccc(C[C@@H]2CN(c3ccccc3)C(=O)[C@H]2c2c(C)n(C(=O)c3ccc(Cl)cc3)c3ccc(OC)cc23)cc1. The van der Waals surface area contributed by atoms with Crippen molar-refractivity contribution in [3.05, 3.63) is 130 Å². The molecule has 0 saturated carbocycles. The van der Waals surface area contributed by atoms with Crippen LogP contribution in [0.2, 0.25) is 5.02 Å². The highest BCUT2D eigenvalue weighted by atomic mass is 35.5. The summed E-state index contributed by atoms with van der Waals surface area (Å²) in [5, 5.41) is 1.34.